The number of hydrogen-bond acceptors (Lipinski definition) is 4. The first-order valence-electron chi connectivity index (χ1n) is 4.76. The second kappa shape index (κ2) is 2.92. The van der Waals surface area contributed by atoms with E-state index >= 15 is 0 Å². The lowest BCUT2D eigenvalue weighted by Gasteiger charge is -2.44. The highest BCUT2D eigenvalue weighted by atomic mass is 16.3. The maximum atomic E-state index is 9.59. The summed E-state index contributed by atoms with van der Waals surface area (Å²) < 4.78 is 0. The van der Waals surface area contributed by atoms with Gasteiger partial charge in [0.25, 0.3) is 0 Å². The monoisotopic (exact) mass is 193 g/mol. The molecule has 76 valence electrons. The van der Waals surface area contributed by atoms with Crippen LogP contribution in [0.3, 0.4) is 0 Å². The molecule has 0 aliphatic carbocycles. The second-order valence-corrected chi connectivity index (χ2v) is 4.30. The quantitative estimate of drug-likeness (QED) is 0.712. The Bertz CT molecular complexity index is 334. The van der Waals surface area contributed by atoms with Crippen molar-refractivity contribution < 1.29 is 5.11 Å². The molecule has 4 nitrogen and oxygen atoms in total. The molecule has 0 bridgehead atoms. The lowest BCUT2D eigenvalue weighted by atomic mass is 9.98. The van der Waals surface area contributed by atoms with Crippen LogP contribution in [-0.2, 0) is 0 Å². The zero-order valence-electron chi connectivity index (χ0n) is 8.78. The molecule has 0 saturated carbocycles. The summed E-state index contributed by atoms with van der Waals surface area (Å²) in [6, 6.07) is 1.95. The van der Waals surface area contributed by atoms with Gasteiger partial charge in [0.2, 0.25) is 5.95 Å². The molecule has 0 spiro atoms. The summed E-state index contributed by atoms with van der Waals surface area (Å²) in [5.41, 5.74) is 1.37. The highest BCUT2D eigenvalue weighted by Crippen LogP contribution is 2.24. The van der Waals surface area contributed by atoms with Gasteiger partial charge in [-0.25, -0.2) is 9.97 Å². The Labute approximate surface area is 83.6 Å². The Hall–Kier alpha value is -1.16. The summed E-state index contributed by atoms with van der Waals surface area (Å²) in [5, 5.41) is 9.59. The molecule has 1 fully saturated rings. The van der Waals surface area contributed by atoms with Crippen LogP contribution in [-0.4, -0.2) is 33.8 Å². The third kappa shape index (κ3) is 1.70. The topological polar surface area (TPSA) is 49.2 Å². The highest BCUT2D eigenvalue weighted by Gasteiger charge is 2.37. The van der Waals surface area contributed by atoms with E-state index in [0.717, 1.165) is 17.3 Å². The minimum Gasteiger partial charge on any atom is -0.386 e. The van der Waals surface area contributed by atoms with E-state index in [1.807, 2.05) is 31.7 Å². The summed E-state index contributed by atoms with van der Waals surface area (Å²) in [7, 11) is 0. The van der Waals surface area contributed by atoms with E-state index in [1.165, 1.54) is 0 Å². The summed E-state index contributed by atoms with van der Waals surface area (Å²) in [4.78, 5) is 10.6. The van der Waals surface area contributed by atoms with Crippen LogP contribution in [0, 0.1) is 13.8 Å². The van der Waals surface area contributed by atoms with Crippen molar-refractivity contribution in [2.24, 2.45) is 0 Å². The first-order valence-corrected chi connectivity index (χ1v) is 4.76. The van der Waals surface area contributed by atoms with Crippen LogP contribution in [0.15, 0.2) is 6.07 Å². The zero-order valence-corrected chi connectivity index (χ0v) is 8.78. The van der Waals surface area contributed by atoms with Gasteiger partial charge in [0.05, 0.1) is 18.7 Å². The van der Waals surface area contributed by atoms with E-state index < -0.39 is 5.60 Å². The van der Waals surface area contributed by atoms with Crippen molar-refractivity contribution in [1.82, 2.24) is 9.97 Å². The minimum absolute atomic E-state index is 0.568. The summed E-state index contributed by atoms with van der Waals surface area (Å²) in [5.74, 6) is 0.731. The van der Waals surface area contributed by atoms with Crippen LogP contribution in [0.5, 0.6) is 0 Å². The van der Waals surface area contributed by atoms with Crippen molar-refractivity contribution >= 4 is 5.95 Å². The van der Waals surface area contributed by atoms with Gasteiger partial charge in [0.1, 0.15) is 0 Å². The van der Waals surface area contributed by atoms with Gasteiger partial charge in [-0.15, -0.1) is 0 Å². The van der Waals surface area contributed by atoms with Gasteiger partial charge in [-0.3, -0.25) is 0 Å². The molecule has 4 heteroatoms. The van der Waals surface area contributed by atoms with Gasteiger partial charge in [0, 0.05) is 11.4 Å². The maximum Gasteiger partial charge on any atom is 0.225 e. The summed E-state index contributed by atoms with van der Waals surface area (Å²) >= 11 is 0. The minimum atomic E-state index is -0.568. The maximum absolute atomic E-state index is 9.59. The van der Waals surface area contributed by atoms with E-state index in [-0.39, 0.29) is 0 Å². The van der Waals surface area contributed by atoms with Crippen molar-refractivity contribution in [3.63, 3.8) is 0 Å². The molecule has 0 atom stereocenters. The van der Waals surface area contributed by atoms with Gasteiger partial charge in [-0.05, 0) is 26.8 Å². The Kier molecular flexibility index (Phi) is 1.96. The van der Waals surface area contributed by atoms with Crippen molar-refractivity contribution in [2.75, 3.05) is 18.0 Å². The summed E-state index contributed by atoms with van der Waals surface area (Å²) in [6.45, 7) is 6.98. The van der Waals surface area contributed by atoms with Crippen molar-refractivity contribution in [3.05, 3.63) is 17.5 Å². The van der Waals surface area contributed by atoms with Crippen LogP contribution >= 0.6 is 0 Å². The third-order valence-corrected chi connectivity index (χ3v) is 2.32. The van der Waals surface area contributed by atoms with Gasteiger partial charge < -0.3 is 10.0 Å². The van der Waals surface area contributed by atoms with Crippen molar-refractivity contribution in [2.45, 2.75) is 26.4 Å². The van der Waals surface area contributed by atoms with Gasteiger partial charge in [-0.2, -0.15) is 0 Å². The smallest absolute Gasteiger partial charge is 0.225 e. The molecule has 0 amide bonds. The molecular formula is C10H15N3O. The third-order valence-electron chi connectivity index (χ3n) is 2.32. The van der Waals surface area contributed by atoms with Crippen molar-refractivity contribution in [1.29, 1.82) is 0 Å². The standard InChI is InChI=1S/C10H15N3O/c1-7-4-8(2)12-9(11-7)13-5-10(3,14)6-13/h4,14H,5-6H2,1-3H3. The molecule has 2 rings (SSSR count). The number of aryl methyl sites for hydroxylation is 2. The Balaban J connectivity index is 2.18. The lowest BCUT2D eigenvalue weighted by Crippen LogP contribution is -2.60. The highest BCUT2D eigenvalue weighted by molar-refractivity contribution is 5.38. The van der Waals surface area contributed by atoms with E-state index in [0.29, 0.717) is 13.1 Å². The van der Waals surface area contributed by atoms with Gasteiger partial charge in [-0.1, -0.05) is 0 Å². The van der Waals surface area contributed by atoms with Crippen LogP contribution in [0.4, 0.5) is 5.95 Å². The first-order chi connectivity index (χ1) is 6.46. The average Bonchev–Trinajstić information content (AvgIpc) is 1.97. The SMILES string of the molecule is Cc1cc(C)nc(N2CC(C)(O)C2)n1. The molecule has 1 N–H and O–H groups in total. The molecule has 0 radical (unpaired) electrons. The number of β-amino-alcohol motifs (C(OH)–C–C–N with tert-alkyl or cyclic N) is 1. The van der Waals surface area contributed by atoms with Crippen molar-refractivity contribution in [3.8, 4) is 0 Å². The molecule has 1 saturated heterocycles. The molecule has 0 unspecified atom stereocenters. The number of aromatic nitrogens is 2. The second-order valence-electron chi connectivity index (χ2n) is 4.30. The molecule has 1 aliphatic rings. The van der Waals surface area contributed by atoms with E-state index in [1.54, 1.807) is 0 Å². The van der Waals surface area contributed by atoms with Crippen LogP contribution in [0.2, 0.25) is 0 Å². The fourth-order valence-corrected chi connectivity index (χ4v) is 1.77. The number of anilines is 1. The Morgan fingerprint density at radius 1 is 1.29 bits per heavy atom. The molecule has 1 aliphatic heterocycles. The first kappa shape index (κ1) is 9.40. The fourth-order valence-electron chi connectivity index (χ4n) is 1.77. The van der Waals surface area contributed by atoms with E-state index in [9.17, 15) is 5.11 Å². The molecule has 0 aromatic carbocycles. The molecular weight excluding hydrogens is 178 g/mol. The number of hydrogen-bond donors (Lipinski definition) is 1. The van der Waals surface area contributed by atoms with Gasteiger partial charge in [0.15, 0.2) is 0 Å². The fraction of sp³-hybridized carbons (Fsp3) is 0.600. The van der Waals surface area contributed by atoms with E-state index in [2.05, 4.69) is 9.97 Å². The molecule has 14 heavy (non-hydrogen) atoms. The van der Waals surface area contributed by atoms with Crippen LogP contribution < -0.4 is 4.90 Å². The van der Waals surface area contributed by atoms with Crippen LogP contribution in [0.1, 0.15) is 18.3 Å². The molecule has 1 aromatic heterocycles. The average molecular weight is 193 g/mol. The van der Waals surface area contributed by atoms with Gasteiger partial charge >= 0.3 is 0 Å². The predicted octanol–water partition coefficient (Wildman–Crippen LogP) is 0.664. The normalized spacial score (nSPS) is 19.3. The number of rotatable bonds is 1. The predicted molar refractivity (Wildman–Crippen MR) is 54.3 cm³/mol. The molecule has 1 aromatic rings. The van der Waals surface area contributed by atoms with Crippen LogP contribution in [0.25, 0.3) is 0 Å². The number of nitrogens with zero attached hydrogens (tertiary/aromatic N) is 3. The van der Waals surface area contributed by atoms with E-state index in [4.69, 9.17) is 0 Å². The molecule has 2 heterocycles. The lowest BCUT2D eigenvalue weighted by molar-refractivity contribution is 0.0299. The Morgan fingerprint density at radius 3 is 2.21 bits per heavy atom. The zero-order chi connectivity index (χ0) is 10.3. The number of aliphatic hydroxyl groups is 1. The Morgan fingerprint density at radius 2 is 1.79 bits per heavy atom. The summed E-state index contributed by atoms with van der Waals surface area (Å²) in [6.07, 6.45) is 0. The largest absolute Gasteiger partial charge is 0.386 e.